The number of hydrogen-bond donors (Lipinski definition) is 1. The van der Waals surface area contributed by atoms with Crippen LogP contribution in [0.4, 0.5) is 0 Å². The van der Waals surface area contributed by atoms with Crippen molar-refractivity contribution in [2.45, 2.75) is 37.1 Å². The molecule has 3 nitrogen and oxygen atoms in total. The van der Waals surface area contributed by atoms with Gasteiger partial charge in [-0.15, -0.1) is 0 Å². The van der Waals surface area contributed by atoms with E-state index >= 15 is 0 Å². The fourth-order valence-electron chi connectivity index (χ4n) is 3.92. The van der Waals surface area contributed by atoms with Gasteiger partial charge in [0.25, 0.3) is 0 Å². The Morgan fingerprint density at radius 3 is 3.00 bits per heavy atom. The number of likely N-dealkylation sites (N-methyl/N-ethyl adjacent to an activating group) is 1. The molecule has 0 radical (unpaired) electrons. The van der Waals surface area contributed by atoms with Crippen LogP contribution in [0.2, 0.25) is 0 Å². The van der Waals surface area contributed by atoms with Gasteiger partial charge in [-0.25, -0.2) is 0 Å². The number of benzene rings is 1. The summed E-state index contributed by atoms with van der Waals surface area (Å²) in [6, 6.07) is 8.25. The highest BCUT2D eigenvalue weighted by Crippen LogP contribution is 2.45. The van der Waals surface area contributed by atoms with Crippen molar-refractivity contribution in [3.8, 4) is 0 Å². The third-order valence-electron chi connectivity index (χ3n) is 4.75. The van der Waals surface area contributed by atoms with Crippen LogP contribution in [0.15, 0.2) is 24.3 Å². The van der Waals surface area contributed by atoms with E-state index in [1.165, 1.54) is 5.56 Å². The molecule has 3 rings (SSSR count). The maximum Gasteiger partial charge on any atom is 0.315 e. The monoisotopic (exact) mass is 245 g/mol. The summed E-state index contributed by atoms with van der Waals surface area (Å²) in [4.78, 5) is 14.2. The molecular formula is C15H19NO2. The number of nitrogens with zero attached hydrogens (tertiary/aromatic N) is 1. The van der Waals surface area contributed by atoms with E-state index in [0.29, 0.717) is 0 Å². The highest BCUT2D eigenvalue weighted by molar-refractivity contribution is 5.84. The number of aliphatic carboxylic acids is 1. The molecule has 1 aromatic rings. The molecule has 1 aliphatic heterocycles. The van der Waals surface area contributed by atoms with Gasteiger partial charge in [-0.05, 0) is 50.4 Å². The van der Waals surface area contributed by atoms with Crippen LogP contribution in [0, 0.1) is 0 Å². The lowest BCUT2D eigenvalue weighted by Gasteiger charge is -2.49. The lowest BCUT2D eigenvalue weighted by atomic mass is 9.62. The number of likely N-dealkylation sites (tertiary alicyclic amines) is 1. The molecule has 1 aliphatic carbocycles. The molecule has 0 saturated carbocycles. The van der Waals surface area contributed by atoms with Crippen molar-refractivity contribution in [2.24, 2.45) is 0 Å². The minimum Gasteiger partial charge on any atom is -0.481 e. The Kier molecular flexibility index (Phi) is 2.67. The van der Waals surface area contributed by atoms with E-state index in [2.05, 4.69) is 18.0 Å². The topological polar surface area (TPSA) is 40.5 Å². The van der Waals surface area contributed by atoms with Crippen molar-refractivity contribution >= 4 is 5.97 Å². The first-order valence-electron chi connectivity index (χ1n) is 6.68. The smallest absolute Gasteiger partial charge is 0.315 e. The molecule has 96 valence electrons. The number of aryl methyl sites for hydroxylation is 1. The molecular weight excluding hydrogens is 226 g/mol. The number of carboxylic acids is 1. The largest absolute Gasteiger partial charge is 0.481 e. The van der Waals surface area contributed by atoms with E-state index in [0.717, 1.165) is 37.8 Å². The number of rotatable bonds is 1. The maximum absolute atomic E-state index is 12.0. The molecule has 2 aliphatic rings. The zero-order valence-electron chi connectivity index (χ0n) is 10.7. The molecule has 2 atom stereocenters. The fourth-order valence-corrected chi connectivity index (χ4v) is 3.92. The summed E-state index contributed by atoms with van der Waals surface area (Å²) in [5, 5.41) is 9.86. The zero-order chi connectivity index (χ0) is 12.8. The van der Waals surface area contributed by atoms with Gasteiger partial charge in [0.15, 0.2) is 0 Å². The molecule has 0 spiro atoms. The maximum atomic E-state index is 12.0. The van der Waals surface area contributed by atoms with E-state index in [4.69, 9.17) is 0 Å². The Labute approximate surface area is 107 Å². The summed E-state index contributed by atoms with van der Waals surface area (Å²) < 4.78 is 0. The van der Waals surface area contributed by atoms with Crippen LogP contribution in [0.3, 0.4) is 0 Å². The van der Waals surface area contributed by atoms with Gasteiger partial charge < -0.3 is 10.0 Å². The molecule has 1 fully saturated rings. The second-order valence-electron chi connectivity index (χ2n) is 5.57. The van der Waals surface area contributed by atoms with Crippen LogP contribution in [0.1, 0.15) is 30.4 Å². The Morgan fingerprint density at radius 2 is 2.22 bits per heavy atom. The second kappa shape index (κ2) is 4.09. The Hall–Kier alpha value is -1.35. The molecule has 3 heteroatoms. The highest BCUT2D eigenvalue weighted by Gasteiger charge is 2.53. The van der Waals surface area contributed by atoms with Gasteiger partial charge >= 0.3 is 5.97 Å². The van der Waals surface area contributed by atoms with Gasteiger partial charge in [-0.3, -0.25) is 4.79 Å². The summed E-state index contributed by atoms with van der Waals surface area (Å²) in [5.41, 5.74) is 1.61. The Morgan fingerprint density at radius 1 is 1.44 bits per heavy atom. The first-order valence-corrected chi connectivity index (χ1v) is 6.68. The molecule has 18 heavy (non-hydrogen) atoms. The van der Waals surface area contributed by atoms with E-state index in [1.54, 1.807) is 0 Å². The van der Waals surface area contributed by atoms with Gasteiger partial charge in [0.2, 0.25) is 0 Å². The predicted molar refractivity (Wildman–Crippen MR) is 69.7 cm³/mol. The number of piperidine rings is 1. The number of carboxylic acid groups (broad SMARTS) is 1. The van der Waals surface area contributed by atoms with Gasteiger partial charge in [0, 0.05) is 6.04 Å². The van der Waals surface area contributed by atoms with Crippen molar-refractivity contribution < 1.29 is 9.90 Å². The van der Waals surface area contributed by atoms with Crippen LogP contribution in [0.5, 0.6) is 0 Å². The molecule has 1 aromatic carbocycles. The predicted octanol–water partition coefficient (Wildman–Crippen LogP) is 2.05. The first-order chi connectivity index (χ1) is 8.66. The van der Waals surface area contributed by atoms with Gasteiger partial charge in [0.05, 0.1) is 0 Å². The average Bonchev–Trinajstić information content (AvgIpc) is 2.38. The number of hydrogen-bond acceptors (Lipinski definition) is 2. The van der Waals surface area contributed by atoms with E-state index < -0.39 is 11.4 Å². The summed E-state index contributed by atoms with van der Waals surface area (Å²) >= 11 is 0. The zero-order valence-corrected chi connectivity index (χ0v) is 10.7. The van der Waals surface area contributed by atoms with Gasteiger partial charge in [-0.1, -0.05) is 24.3 Å². The van der Waals surface area contributed by atoms with Crippen molar-refractivity contribution in [3.05, 3.63) is 35.4 Å². The summed E-state index contributed by atoms with van der Waals surface area (Å²) in [5.74, 6) is -0.647. The highest BCUT2D eigenvalue weighted by atomic mass is 16.4. The van der Waals surface area contributed by atoms with Crippen molar-refractivity contribution in [1.82, 2.24) is 4.90 Å². The van der Waals surface area contributed by atoms with E-state index in [1.807, 2.05) is 18.2 Å². The Bertz CT molecular complexity index is 485. The molecule has 1 saturated heterocycles. The number of fused-ring (bicyclic) bond motifs is 3. The quantitative estimate of drug-likeness (QED) is 0.823. The van der Waals surface area contributed by atoms with Crippen LogP contribution in [-0.2, 0) is 16.6 Å². The SMILES string of the molecule is CN1CCCC2(C(=O)O)c3ccccc3CCC12. The van der Waals surface area contributed by atoms with Crippen LogP contribution < -0.4 is 0 Å². The average molecular weight is 245 g/mol. The molecule has 0 amide bonds. The summed E-state index contributed by atoms with van der Waals surface area (Å²) in [6.45, 7) is 1.02. The molecule has 1 heterocycles. The fraction of sp³-hybridized carbons (Fsp3) is 0.533. The van der Waals surface area contributed by atoms with Crippen LogP contribution in [-0.4, -0.2) is 35.6 Å². The summed E-state index contributed by atoms with van der Waals surface area (Å²) in [6.07, 6.45) is 3.70. The third-order valence-corrected chi connectivity index (χ3v) is 4.75. The lowest BCUT2D eigenvalue weighted by molar-refractivity contribution is -0.149. The normalized spacial score (nSPS) is 31.5. The van der Waals surface area contributed by atoms with Gasteiger partial charge in [-0.2, -0.15) is 0 Å². The first kappa shape index (κ1) is 11.7. The lowest BCUT2D eigenvalue weighted by Crippen LogP contribution is -2.59. The van der Waals surface area contributed by atoms with E-state index in [-0.39, 0.29) is 6.04 Å². The van der Waals surface area contributed by atoms with Crippen molar-refractivity contribution in [1.29, 1.82) is 0 Å². The minimum atomic E-state index is -0.679. The van der Waals surface area contributed by atoms with Crippen LogP contribution >= 0.6 is 0 Å². The molecule has 2 unspecified atom stereocenters. The van der Waals surface area contributed by atoms with E-state index in [9.17, 15) is 9.90 Å². The molecule has 0 bridgehead atoms. The number of carbonyl (C=O) groups is 1. The van der Waals surface area contributed by atoms with Crippen molar-refractivity contribution in [3.63, 3.8) is 0 Å². The minimum absolute atomic E-state index is 0.152. The third kappa shape index (κ3) is 1.43. The second-order valence-corrected chi connectivity index (χ2v) is 5.57. The summed E-state index contributed by atoms with van der Waals surface area (Å²) in [7, 11) is 2.06. The standard InChI is InChI=1S/C15H19NO2/c1-16-10-4-9-15(14(17)18)12-6-3-2-5-11(12)7-8-13(15)16/h2-3,5-6,13H,4,7-10H2,1H3,(H,17,18). The molecule has 0 aromatic heterocycles. The Balaban J connectivity index is 2.19. The molecule has 1 N–H and O–H groups in total. The van der Waals surface area contributed by atoms with Crippen molar-refractivity contribution in [2.75, 3.05) is 13.6 Å². The van der Waals surface area contributed by atoms with Gasteiger partial charge in [0.1, 0.15) is 5.41 Å². The van der Waals surface area contributed by atoms with Crippen LogP contribution in [0.25, 0.3) is 0 Å².